The lowest BCUT2D eigenvalue weighted by Crippen LogP contribution is -2.14. The van der Waals surface area contributed by atoms with Crippen LogP contribution in [0.2, 0.25) is 0 Å². The fourth-order valence-corrected chi connectivity index (χ4v) is 2.19. The van der Waals surface area contributed by atoms with Crippen molar-refractivity contribution >= 4 is 22.3 Å². The van der Waals surface area contributed by atoms with Gasteiger partial charge in [-0.15, -0.1) is 11.3 Å². The zero-order valence-electron chi connectivity index (χ0n) is 6.50. The zero-order valence-corrected chi connectivity index (χ0v) is 7.31. The fraction of sp³-hybridized carbons (Fsp3) is 0.429. The molecule has 0 aromatic carbocycles. The number of rotatable bonds is 1. The molecular weight excluding hydrogens is 176 g/mol. The molecule has 64 valence electrons. The summed E-state index contributed by atoms with van der Waals surface area (Å²) in [5.41, 5.74) is 0.699. The predicted molar refractivity (Wildman–Crippen MR) is 45.7 cm³/mol. The van der Waals surface area contributed by atoms with E-state index in [1.54, 1.807) is 0 Å². The molecule has 1 aliphatic rings. The number of carboxylic acid groups (broad SMARTS) is 1. The van der Waals surface area contributed by atoms with Gasteiger partial charge in [0.15, 0.2) is 0 Å². The zero-order chi connectivity index (χ0) is 8.72. The molecule has 1 aromatic rings. The molecule has 5 heteroatoms. The van der Waals surface area contributed by atoms with Gasteiger partial charge in [-0.05, 0) is 6.92 Å². The number of hydrogen-bond donors (Lipinski definition) is 2. The molecule has 1 atom stereocenters. The molecule has 2 N–H and O–H groups in total. The van der Waals surface area contributed by atoms with E-state index in [4.69, 9.17) is 5.11 Å². The number of thiazole rings is 1. The average Bonchev–Trinajstić information content (AvgIpc) is 2.43. The molecule has 1 aromatic heterocycles. The van der Waals surface area contributed by atoms with Crippen molar-refractivity contribution in [3.63, 3.8) is 0 Å². The number of nitrogens with zero attached hydrogens (tertiary/aromatic N) is 1. The van der Waals surface area contributed by atoms with Gasteiger partial charge < -0.3 is 10.4 Å². The summed E-state index contributed by atoms with van der Waals surface area (Å²) in [7, 11) is 0. The molecule has 0 radical (unpaired) electrons. The van der Waals surface area contributed by atoms with E-state index in [1.807, 2.05) is 6.92 Å². The second-order valence-corrected chi connectivity index (χ2v) is 3.92. The SMILES string of the molecule is Cc1nc2c(s1)NCC2C(=O)O. The Morgan fingerprint density at radius 2 is 2.58 bits per heavy atom. The highest BCUT2D eigenvalue weighted by atomic mass is 32.1. The summed E-state index contributed by atoms with van der Waals surface area (Å²) >= 11 is 1.51. The topological polar surface area (TPSA) is 62.2 Å². The normalized spacial score (nSPS) is 20.2. The van der Waals surface area contributed by atoms with Gasteiger partial charge in [-0.3, -0.25) is 4.79 Å². The fourth-order valence-electron chi connectivity index (χ4n) is 1.30. The van der Waals surface area contributed by atoms with Crippen LogP contribution in [0.4, 0.5) is 5.00 Å². The standard InChI is InChI=1S/C7H8N2O2S/c1-3-9-5-4(7(10)11)2-8-6(5)12-3/h4,8H,2H2,1H3,(H,10,11). The highest BCUT2D eigenvalue weighted by Crippen LogP contribution is 2.35. The van der Waals surface area contributed by atoms with Crippen molar-refractivity contribution in [1.82, 2.24) is 4.98 Å². The Morgan fingerprint density at radius 3 is 3.25 bits per heavy atom. The molecule has 0 fully saturated rings. The number of nitrogens with one attached hydrogen (secondary N) is 1. The van der Waals surface area contributed by atoms with E-state index in [0.717, 1.165) is 10.0 Å². The second-order valence-electron chi connectivity index (χ2n) is 2.72. The molecule has 0 spiro atoms. The van der Waals surface area contributed by atoms with Crippen molar-refractivity contribution < 1.29 is 9.90 Å². The van der Waals surface area contributed by atoms with E-state index < -0.39 is 11.9 Å². The van der Waals surface area contributed by atoms with Gasteiger partial charge in [-0.1, -0.05) is 0 Å². The van der Waals surface area contributed by atoms with Crippen LogP contribution in [-0.2, 0) is 4.79 Å². The predicted octanol–water partition coefficient (Wildman–Crippen LogP) is 1.05. The second kappa shape index (κ2) is 2.45. The van der Waals surface area contributed by atoms with Crippen molar-refractivity contribution in [2.24, 2.45) is 0 Å². The van der Waals surface area contributed by atoms with Gasteiger partial charge in [0, 0.05) is 6.54 Å². The number of fused-ring (bicyclic) bond motifs is 1. The smallest absolute Gasteiger partial charge is 0.314 e. The van der Waals surface area contributed by atoms with E-state index in [-0.39, 0.29) is 0 Å². The molecule has 1 aliphatic heterocycles. The third-order valence-electron chi connectivity index (χ3n) is 1.86. The summed E-state index contributed by atoms with van der Waals surface area (Å²) < 4.78 is 0. The lowest BCUT2D eigenvalue weighted by Gasteiger charge is -1.99. The first kappa shape index (κ1) is 7.54. The number of hydrogen-bond acceptors (Lipinski definition) is 4. The van der Waals surface area contributed by atoms with Crippen molar-refractivity contribution in [3.8, 4) is 0 Å². The number of aliphatic carboxylic acids is 1. The monoisotopic (exact) mass is 184 g/mol. The van der Waals surface area contributed by atoms with Crippen molar-refractivity contribution in [2.75, 3.05) is 11.9 Å². The van der Waals surface area contributed by atoms with Crippen LogP contribution in [-0.4, -0.2) is 22.6 Å². The number of carbonyl (C=O) groups is 1. The van der Waals surface area contributed by atoms with Gasteiger partial charge in [0.1, 0.15) is 10.9 Å². The maximum absolute atomic E-state index is 10.7. The average molecular weight is 184 g/mol. The Morgan fingerprint density at radius 1 is 1.83 bits per heavy atom. The van der Waals surface area contributed by atoms with Gasteiger partial charge in [-0.2, -0.15) is 0 Å². The highest BCUT2D eigenvalue weighted by Gasteiger charge is 2.31. The van der Waals surface area contributed by atoms with E-state index in [1.165, 1.54) is 11.3 Å². The van der Waals surface area contributed by atoms with E-state index >= 15 is 0 Å². The lowest BCUT2D eigenvalue weighted by molar-refractivity contribution is -0.138. The third kappa shape index (κ3) is 0.972. The number of carboxylic acids is 1. The van der Waals surface area contributed by atoms with Crippen molar-refractivity contribution in [1.29, 1.82) is 0 Å². The minimum absolute atomic E-state index is 0.454. The first-order valence-corrected chi connectivity index (χ1v) is 4.44. The quantitative estimate of drug-likeness (QED) is 0.684. The molecular formula is C7H8N2O2S. The molecule has 0 aliphatic carbocycles. The highest BCUT2D eigenvalue weighted by molar-refractivity contribution is 7.15. The first-order valence-electron chi connectivity index (χ1n) is 3.62. The Balaban J connectivity index is 2.41. The summed E-state index contributed by atoms with van der Waals surface area (Å²) in [5.74, 6) is -1.25. The Labute approximate surface area is 73.3 Å². The van der Waals surface area contributed by atoms with Crippen LogP contribution in [0.25, 0.3) is 0 Å². The molecule has 1 unspecified atom stereocenters. The summed E-state index contributed by atoms with van der Waals surface area (Å²) in [6, 6.07) is 0. The maximum atomic E-state index is 10.7. The molecule has 12 heavy (non-hydrogen) atoms. The Hall–Kier alpha value is -1.10. The van der Waals surface area contributed by atoms with Crippen LogP contribution in [0, 0.1) is 6.92 Å². The summed E-state index contributed by atoms with van der Waals surface area (Å²) in [4.78, 5) is 14.9. The first-order chi connectivity index (χ1) is 5.68. The molecule has 0 saturated carbocycles. The van der Waals surface area contributed by atoms with Crippen LogP contribution in [0.1, 0.15) is 16.6 Å². The van der Waals surface area contributed by atoms with Crippen LogP contribution in [0.5, 0.6) is 0 Å². The van der Waals surface area contributed by atoms with Crippen LogP contribution >= 0.6 is 11.3 Å². The largest absolute Gasteiger partial charge is 0.481 e. The Bertz CT molecular complexity index is 334. The van der Waals surface area contributed by atoms with E-state index in [2.05, 4.69) is 10.3 Å². The van der Waals surface area contributed by atoms with Gasteiger partial charge in [-0.25, -0.2) is 4.98 Å². The van der Waals surface area contributed by atoms with Gasteiger partial charge >= 0.3 is 5.97 Å². The summed E-state index contributed by atoms with van der Waals surface area (Å²) in [5, 5.41) is 13.7. The van der Waals surface area contributed by atoms with E-state index in [0.29, 0.717) is 12.2 Å². The maximum Gasteiger partial charge on any atom is 0.314 e. The third-order valence-corrected chi connectivity index (χ3v) is 2.80. The minimum Gasteiger partial charge on any atom is -0.481 e. The molecule has 0 saturated heterocycles. The molecule has 2 rings (SSSR count). The van der Waals surface area contributed by atoms with Crippen LogP contribution in [0.3, 0.4) is 0 Å². The number of aromatic nitrogens is 1. The summed E-state index contributed by atoms with van der Waals surface area (Å²) in [6.45, 7) is 2.35. The van der Waals surface area contributed by atoms with Crippen molar-refractivity contribution in [2.45, 2.75) is 12.8 Å². The molecule has 2 heterocycles. The van der Waals surface area contributed by atoms with Crippen LogP contribution in [0.15, 0.2) is 0 Å². The Kier molecular flexibility index (Phi) is 1.54. The molecule has 0 amide bonds. The minimum atomic E-state index is -0.799. The van der Waals surface area contributed by atoms with Crippen LogP contribution < -0.4 is 5.32 Å². The summed E-state index contributed by atoms with van der Waals surface area (Å²) in [6.07, 6.45) is 0. The van der Waals surface area contributed by atoms with Gasteiger partial charge in [0.25, 0.3) is 0 Å². The number of aryl methyl sites for hydroxylation is 1. The lowest BCUT2D eigenvalue weighted by atomic mass is 10.1. The molecule has 4 nitrogen and oxygen atoms in total. The number of anilines is 1. The van der Waals surface area contributed by atoms with E-state index in [9.17, 15) is 4.79 Å². The molecule has 0 bridgehead atoms. The van der Waals surface area contributed by atoms with Gasteiger partial charge in [0.05, 0.1) is 10.7 Å². The van der Waals surface area contributed by atoms with Crippen molar-refractivity contribution in [3.05, 3.63) is 10.7 Å². The van der Waals surface area contributed by atoms with Gasteiger partial charge in [0.2, 0.25) is 0 Å².